The second-order valence-corrected chi connectivity index (χ2v) is 6.80. The van der Waals surface area contributed by atoms with Crippen molar-refractivity contribution >= 4 is 5.91 Å². The second-order valence-electron chi connectivity index (χ2n) is 6.80. The van der Waals surface area contributed by atoms with Gasteiger partial charge in [-0.15, -0.1) is 0 Å². The number of likely N-dealkylation sites (N-methyl/N-ethyl adjacent to an activating group) is 1. The molecule has 1 atom stereocenters. The molecule has 2 aliphatic rings. The van der Waals surface area contributed by atoms with Crippen LogP contribution >= 0.6 is 0 Å². The Hall–Kier alpha value is -1.50. The summed E-state index contributed by atoms with van der Waals surface area (Å²) in [6.45, 7) is 6.84. The summed E-state index contributed by atoms with van der Waals surface area (Å²) in [7, 11) is 1.75. The summed E-state index contributed by atoms with van der Waals surface area (Å²) in [5.74, 6) is -0.204. The number of benzene rings is 1. The summed E-state index contributed by atoms with van der Waals surface area (Å²) < 4.78 is 13.7. The molecule has 2 saturated heterocycles. The van der Waals surface area contributed by atoms with Crippen LogP contribution in [0.1, 0.15) is 12.0 Å². The van der Waals surface area contributed by atoms with Crippen molar-refractivity contribution in [2.75, 3.05) is 52.9 Å². The van der Waals surface area contributed by atoms with Crippen molar-refractivity contribution < 1.29 is 9.18 Å². The summed E-state index contributed by atoms with van der Waals surface area (Å²) in [5.41, 5.74) is 0.562. The van der Waals surface area contributed by atoms with Crippen LogP contribution in [0.3, 0.4) is 0 Å². The maximum atomic E-state index is 13.7. The van der Waals surface area contributed by atoms with E-state index in [1.807, 2.05) is 0 Å². The lowest BCUT2D eigenvalue weighted by atomic mass is 10.2. The fourth-order valence-electron chi connectivity index (χ4n) is 3.52. The molecule has 1 aromatic rings. The van der Waals surface area contributed by atoms with Crippen molar-refractivity contribution in [3.8, 4) is 0 Å². The van der Waals surface area contributed by atoms with Gasteiger partial charge in [0.05, 0.1) is 6.54 Å². The molecular weight excluding hydrogens is 307 g/mol. The first-order chi connectivity index (χ1) is 11.6. The third kappa shape index (κ3) is 4.32. The molecule has 24 heavy (non-hydrogen) atoms. The van der Waals surface area contributed by atoms with Crippen molar-refractivity contribution in [3.63, 3.8) is 0 Å². The molecule has 2 heterocycles. The molecule has 2 aliphatic heterocycles. The van der Waals surface area contributed by atoms with Crippen molar-refractivity contribution in [1.82, 2.24) is 20.0 Å². The number of halogens is 1. The number of carbonyl (C=O) groups excluding carboxylic acids is 1. The Labute approximate surface area is 143 Å². The number of carbonyl (C=O) groups is 1. The van der Waals surface area contributed by atoms with Gasteiger partial charge in [-0.05, 0) is 19.0 Å². The number of piperazine rings is 1. The average molecular weight is 334 g/mol. The van der Waals surface area contributed by atoms with Gasteiger partial charge in [0.25, 0.3) is 0 Å². The number of amides is 1. The van der Waals surface area contributed by atoms with Gasteiger partial charge in [-0.2, -0.15) is 0 Å². The highest BCUT2D eigenvalue weighted by Crippen LogP contribution is 2.13. The van der Waals surface area contributed by atoms with Gasteiger partial charge in [0.2, 0.25) is 5.91 Å². The van der Waals surface area contributed by atoms with E-state index >= 15 is 0 Å². The molecule has 0 bridgehead atoms. The van der Waals surface area contributed by atoms with Crippen LogP contribution in [-0.2, 0) is 11.3 Å². The van der Waals surface area contributed by atoms with Crippen LogP contribution < -0.4 is 5.32 Å². The molecule has 6 heteroatoms. The topological polar surface area (TPSA) is 38.8 Å². The molecule has 1 N–H and O–H groups in total. The summed E-state index contributed by atoms with van der Waals surface area (Å²) in [4.78, 5) is 18.8. The lowest BCUT2D eigenvalue weighted by Crippen LogP contribution is -2.52. The van der Waals surface area contributed by atoms with Gasteiger partial charge in [0.15, 0.2) is 0 Å². The van der Waals surface area contributed by atoms with E-state index in [0.717, 1.165) is 39.3 Å². The van der Waals surface area contributed by atoms with E-state index in [1.54, 1.807) is 30.1 Å². The molecule has 1 aromatic carbocycles. The highest BCUT2D eigenvalue weighted by Gasteiger charge is 2.27. The Kier molecular flexibility index (Phi) is 5.81. The third-order valence-electron chi connectivity index (χ3n) is 5.11. The van der Waals surface area contributed by atoms with Crippen LogP contribution in [0.5, 0.6) is 0 Å². The molecule has 0 aliphatic carbocycles. The smallest absolute Gasteiger partial charge is 0.236 e. The predicted octanol–water partition coefficient (Wildman–Crippen LogP) is 0.764. The lowest BCUT2D eigenvalue weighted by molar-refractivity contribution is -0.132. The molecule has 1 unspecified atom stereocenters. The summed E-state index contributed by atoms with van der Waals surface area (Å²) in [6, 6.07) is 7.29. The van der Waals surface area contributed by atoms with E-state index in [-0.39, 0.29) is 11.7 Å². The molecule has 5 nitrogen and oxygen atoms in total. The standard InChI is InChI=1S/C18H27FN4O/c1-21(13-15-4-2-3-5-17(15)19)18(24)14-22-8-10-23(11-9-22)16-6-7-20-12-16/h2-5,16,20H,6-14H2,1H3. The predicted molar refractivity (Wildman–Crippen MR) is 92.2 cm³/mol. The van der Waals surface area contributed by atoms with Crippen LogP contribution in [0.25, 0.3) is 0 Å². The zero-order valence-electron chi connectivity index (χ0n) is 14.4. The van der Waals surface area contributed by atoms with Crippen molar-refractivity contribution in [2.24, 2.45) is 0 Å². The zero-order valence-corrected chi connectivity index (χ0v) is 14.4. The Morgan fingerprint density at radius 3 is 2.71 bits per heavy atom. The van der Waals surface area contributed by atoms with E-state index in [4.69, 9.17) is 0 Å². The summed E-state index contributed by atoms with van der Waals surface area (Å²) in [5, 5.41) is 3.41. The van der Waals surface area contributed by atoms with Gasteiger partial charge in [-0.25, -0.2) is 4.39 Å². The molecular formula is C18H27FN4O. The Balaban J connectivity index is 1.44. The first kappa shape index (κ1) is 17.3. The third-order valence-corrected chi connectivity index (χ3v) is 5.11. The van der Waals surface area contributed by atoms with Crippen molar-refractivity contribution in [2.45, 2.75) is 19.0 Å². The van der Waals surface area contributed by atoms with Gasteiger partial charge in [0.1, 0.15) is 5.82 Å². The van der Waals surface area contributed by atoms with Gasteiger partial charge in [0, 0.05) is 57.9 Å². The normalized spacial score (nSPS) is 22.7. The molecule has 3 rings (SSSR count). The average Bonchev–Trinajstić information content (AvgIpc) is 3.12. The monoisotopic (exact) mass is 334 g/mol. The van der Waals surface area contributed by atoms with Crippen LogP contribution in [0.4, 0.5) is 4.39 Å². The number of nitrogens with one attached hydrogen (secondary N) is 1. The van der Waals surface area contributed by atoms with E-state index in [9.17, 15) is 9.18 Å². The minimum atomic E-state index is -0.254. The van der Waals surface area contributed by atoms with E-state index in [0.29, 0.717) is 24.7 Å². The second kappa shape index (κ2) is 8.05. The molecule has 0 aromatic heterocycles. The van der Waals surface area contributed by atoms with E-state index in [2.05, 4.69) is 15.1 Å². The Bertz CT molecular complexity index is 554. The summed E-state index contributed by atoms with van der Waals surface area (Å²) >= 11 is 0. The molecule has 0 saturated carbocycles. The Morgan fingerprint density at radius 1 is 1.29 bits per heavy atom. The highest BCUT2D eigenvalue weighted by molar-refractivity contribution is 5.78. The van der Waals surface area contributed by atoms with Crippen molar-refractivity contribution in [3.05, 3.63) is 35.6 Å². The molecule has 132 valence electrons. The molecule has 1 amide bonds. The number of hydrogen-bond donors (Lipinski definition) is 1. The number of nitrogens with zero attached hydrogens (tertiary/aromatic N) is 3. The largest absolute Gasteiger partial charge is 0.340 e. The SMILES string of the molecule is CN(Cc1ccccc1F)C(=O)CN1CCN(C2CCNC2)CC1. The molecule has 0 radical (unpaired) electrons. The van der Waals surface area contributed by atoms with Crippen LogP contribution in [-0.4, -0.2) is 79.5 Å². The van der Waals surface area contributed by atoms with Crippen LogP contribution in [0.15, 0.2) is 24.3 Å². The van der Waals surface area contributed by atoms with Gasteiger partial charge in [-0.3, -0.25) is 14.6 Å². The minimum absolute atomic E-state index is 0.0502. The van der Waals surface area contributed by atoms with Gasteiger partial charge in [-0.1, -0.05) is 18.2 Å². The maximum Gasteiger partial charge on any atom is 0.236 e. The first-order valence-corrected chi connectivity index (χ1v) is 8.78. The number of hydrogen-bond acceptors (Lipinski definition) is 4. The quantitative estimate of drug-likeness (QED) is 0.863. The fraction of sp³-hybridized carbons (Fsp3) is 0.611. The fourth-order valence-corrected chi connectivity index (χ4v) is 3.52. The van der Waals surface area contributed by atoms with E-state index in [1.165, 1.54) is 12.5 Å². The molecule has 0 spiro atoms. The van der Waals surface area contributed by atoms with Gasteiger partial charge < -0.3 is 10.2 Å². The summed E-state index contributed by atoms with van der Waals surface area (Å²) in [6.07, 6.45) is 1.23. The first-order valence-electron chi connectivity index (χ1n) is 8.78. The van der Waals surface area contributed by atoms with Crippen LogP contribution in [0, 0.1) is 5.82 Å². The zero-order chi connectivity index (χ0) is 16.9. The lowest BCUT2D eigenvalue weighted by Gasteiger charge is -2.37. The highest BCUT2D eigenvalue weighted by atomic mass is 19.1. The van der Waals surface area contributed by atoms with E-state index < -0.39 is 0 Å². The maximum absolute atomic E-state index is 13.7. The molecule has 2 fully saturated rings. The Morgan fingerprint density at radius 2 is 2.04 bits per heavy atom. The van der Waals surface area contributed by atoms with Crippen molar-refractivity contribution in [1.29, 1.82) is 0 Å². The minimum Gasteiger partial charge on any atom is -0.340 e. The van der Waals surface area contributed by atoms with Gasteiger partial charge >= 0.3 is 0 Å². The number of rotatable bonds is 5. The van der Waals surface area contributed by atoms with Crippen LogP contribution in [0.2, 0.25) is 0 Å².